The minimum absolute atomic E-state index is 0.306. The van der Waals surface area contributed by atoms with Gasteiger partial charge in [0.2, 0.25) is 0 Å². The first-order valence-electron chi connectivity index (χ1n) is 6.77. The summed E-state index contributed by atoms with van der Waals surface area (Å²) in [6, 6.07) is 15.8. The summed E-state index contributed by atoms with van der Waals surface area (Å²) in [6.07, 6.45) is 4.34. The van der Waals surface area contributed by atoms with Crippen molar-refractivity contribution in [2.45, 2.75) is 17.2 Å². The van der Waals surface area contributed by atoms with Gasteiger partial charge in [-0.2, -0.15) is 0 Å². The molecule has 0 saturated heterocycles. The molecule has 2 aromatic rings. The summed E-state index contributed by atoms with van der Waals surface area (Å²) in [4.78, 5) is 3.74. The smallest absolute Gasteiger partial charge is 0.115 e. The number of likely N-dealkylation sites (N-methyl/N-ethyl adjacent to an activating group) is 1. The fourth-order valence-electron chi connectivity index (χ4n) is 2.40. The fraction of sp³-hybridized carbons (Fsp3) is 0.176. The summed E-state index contributed by atoms with van der Waals surface area (Å²) in [5.41, 5.74) is 2.43. The van der Waals surface area contributed by atoms with Crippen molar-refractivity contribution in [3.05, 3.63) is 60.2 Å². The van der Waals surface area contributed by atoms with Crippen molar-refractivity contribution < 1.29 is 5.11 Å². The van der Waals surface area contributed by atoms with E-state index in [1.54, 1.807) is 12.1 Å². The molecule has 1 atom stereocenters. The van der Waals surface area contributed by atoms with Crippen LogP contribution in [0.4, 0.5) is 5.69 Å². The Morgan fingerprint density at radius 1 is 1.15 bits per heavy atom. The number of phenols is 1. The Morgan fingerprint density at radius 3 is 2.65 bits per heavy atom. The molecule has 1 aliphatic rings. The van der Waals surface area contributed by atoms with Crippen LogP contribution in [0, 0.1) is 0 Å². The first-order chi connectivity index (χ1) is 9.78. The van der Waals surface area contributed by atoms with Gasteiger partial charge in [0.1, 0.15) is 5.75 Å². The van der Waals surface area contributed by atoms with Crippen molar-refractivity contribution in [1.29, 1.82) is 0 Å². The van der Waals surface area contributed by atoms with Crippen LogP contribution in [0.25, 0.3) is 6.08 Å². The van der Waals surface area contributed by atoms with Crippen molar-refractivity contribution in [1.82, 2.24) is 0 Å². The van der Waals surface area contributed by atoms with E-state index in [2.05, 4.69) is 48.2 Å². The second-order valence-electron chi connectivity index (χ2n) is 4.71. The van der Waals surface area contributed by atoms with Crippen molar-refractivity contribution in [2.75, 3.05) is 11.4 Å². The van der Waals surface area contributed by atoms with Crippen LogP contribution in [0.15, 0.2) is 59.5 Å². The maximum atomic E-state index is 9.30. The molecule has 0 aliphatic carbocycles. The molecular weight excluding hydrogens is 266 g/mol. The van der Waals surface area contributed by atoms with Crippen LogP contribution in [0.1, 0.15) is 12.5 Å². The summed E-state index contributed by atoms with van der Waals surface area (Å²) in [5, 5.41) is 9.64. The summed E-state index contributed by atoms with van der Waals surface area (Å²) < 4.78 is 0. The minimum atomic E-state index is 0.306. The average molecular weight is 283 g/mol. The third-order valence-corrected chi connectivity index (χ3v) is 4.67. The van der Waals surface area contributed by atoms with E-state index >= 15 is 0 Å². The van der Waals surface area contributed by atoms with Crippen molar-refractivity contribution >= 4 is 23.5 Å². The lowest BCUT2D eigenvalue weighted by molar-refractivity contribution is 0.475. The Morgan fingerprint density at radius 2 is 1.90 bits per heavy atom. The number of fused-ring (bicyclic) bond motifs is 1. The van der Waals surface area contributed by atoms with Crippen molar-refractivity contribution in [3.8, 4) is 5.75 Å². The van der Waals surface area contributed by atoms with Gasteiger partial charge in [-0.05, 0) is 36.8 Å². The Hall–Kier alpha value is -1.87. The van der Waals surface area contributed by atoms with Gasteiger partial charge in [0.05, 0.1) is 11.1 Å². The standard InChI is InChI=1S/C17H17NOS/c1-2-18-15-5-3-4-6-16(15)20-17(18)12-9-13-7-10-14(19)11-8-13/h3-12,17,19H,2H2,1H3/b12-9+. The molecule has 2 aromatic carbocycles. The van der Waals surface area contributed by atoms with E-state index in [1.807, 2.05) is 23.9 Å². The minimum Gasteiger partial charge on any atom is -0.508 e. The topological polar surface area (TPSA) is 23.5 Å². The number of aromatic hydroxyl groups is 1. The van der Waals surface area contributed by atoms with Gasteiger partial charge in [0.25, 0.3) is 0 Å². The lowest BCUT2D eigenvalue weighted by Gasteiger charge is -2.22. The van der Waals surface area contributed by atoms with Gasteiger partial charge < -0.3 is 10.0 Å². The van der Waals surface area contributed by atoms with Gasteiger partial charge in [0.15, 0.2) is 0 Å². The Kier molecular flexibility index (Phi) is 3.70. The molecule has 1 unspecified atom stereocenters. The van der Waals surface area contributed by atoms with Crippen LogP contribution in [-0.4, -0.2) is 17.0 Å². The molecule has 0 amide bonds. The molecule has 1 heterocycles. The largest absolute Gasteiger partial charge is 0.508 e. The van der Waals surface area contributed by atoms with E-state index < -0.39 is 0 Å². The highest BCUT2D eigenvalue weighted by molar-refractivity contribution is 8.00. The molecular formula is C17H17NOS. The number of hydrogen-bond donors (Lipinski definition) is 1. The van der Waals surface area contributed by atoms with E-state index in [-0.39, 0.29) is 0 Å². The summed E-state index contributed by atoms with van der Waals surface area (Å²) >= 11 is 1.88. The molecule has 0 radical (unpaired) electrons. The van der Waals surface area contributed by atoms with Crippen molar-refractivity contribution in [3.63, 3.8) is 0 Å². The highest BCUT2D eigenvalue weighted by Gasteiger charge is 2.26. The van der Waals surface area contributed by atoms with Gasteiger partial charge in [-0.1, -0.05) is 48.2 Å². The highest BCUT2D eigenvalue weighted by atomic mass is 32.2. The van der Waals surface area contributed by atoms with Gasteiger partial charge in [-0.3, -0.25) is 0 Å². The summed E-state index contributed by atoms with van der Waals surface area (Å²) in [6.45, 7) is 3.18. The maximum Gasteiger partial charge on any atom is 0.115 e. The van der Waals surface area contributed by atoms with Crippen LogP contribution in [-0.2, 0) is 0 Å². The molecule has 0 saturated carbocycles. The molecule has 102 valence electrons. The van der Waals surface area contributed by atoms with Crippen LogP contribution < -0.4 is 4.90 Å². The molecule has 0 bridgehead atoms. The fourth-order valence-corrected chi connectivity index (χ4v) is 3.67. The van der Waals surface area contributed by atoms with E-state index in [1.165, 1.54) is 10.6 Å². The number of para-hydroxylation sites is 1. The monoisotopic (exact) mass is 283 g/mol. The van der Waals surface area contributed by atoms with Crippen LogP contribution in [0.3, 0.4) is 0 Å². The second-order valence-corrected chi connectivity index (χ2v) is 5.87. The van der Waals surface area contributed by atoms with Crippen molar-refractivity contribution in [2.24, 2.45) is 0 Å². The van der Waals surface area contributed by atoms with E-state index in [0.29, 0.717) is 11.1 Å². The zero-order valence-corrected chi connectivity index (χ0v) is 12.2. The molecule has 0 aromatic heterocycles. The first kappa shape index (κ1) is 13.1. The van der Waals surface area contributed by atoms with Gasteiger partial charge in [-0.15, -0.1) is 0 Å². The van der Waals surface area contributed by atoms with Gasteiger partial charge in [0, 0.05) is 11.4 Å². The number of rotatable bonds is 3. The van der Waals surface area contributed by atoms with E-state index in [9.17, 15) is 5.11 Å². The second kappa shape index (κ2) is 5.63. The number of hydrogen-bond acceptors (Lipinski definition) is 3. The summed E-state index contributed by atoms with van der Waals surface area (Å²) in [7, 11) is 0. The third kappa shape index (κ3) is 2.54. The zero-order valence-electron chi connectivity index (χ0n) is 11.4. The average Bonchev–Trinajstić information content (AvgIpc) is 2.84. The van der Waals surface area contributed by atoms with E-state index in [0.717, 1.165) is 12.1 Å². The maximum absolute atomic E-state index is 9.30. The lowest BCUT2D eigenvalue weighted by atomic mass is 10.2. The van der Waals surface area contributed by atoms with Crippen LogP contribution >= 0.6 is 11.8 Å². The Bertz CT molecular complexity index is 621. The lowest BCUT2D eigenvalue weighted by Crippen LogP contribution is -2.27. The number of anilines is 1. The number of phenolic OH excluding ortho intramolecular Hbond substituents is 1. The van der Waals surface area contributed by atoms with Gasteiger partial charge in [-0.25, -0.2) is 0 Å². The molecule has 3 heteroatoms. The third-order valence-electron chi connectivity index (χ3n) is 3.42. The molecule has 1 aliphatic heterocycles. The Labute approximate surface area is 123 Å². The quantitative estimate of drug-likeness (QED) is 0.905. The predicted molar refractivity (Wildman–Crippen MR) is 86.2 cm³/mol. The normalized spacial score (nSPS) is 17.6. The number of thioether (sulfide) groups is 1. The molecule has 1 N–H and O–H groups in total. The number of nitrogens with zero attached hydrogens (tertiary/aromatic N) is 1. The molecule has 20 heavy (non-hydrogen) atoms. The Balaban J connectivity index is 1.80. The van der Waals surface area contributed by atoms with Crippen LogP contribution in [0.2, 0.25) is 0 Å². The predicted octanol–water partition coefficient (Wildman–Crippen LogP) is 4.36. The number of benzene rings is 2. The van der Waals surface area contributed by atoms with E-state index in [4.69, 9.17) is 0 Å². The molecule has 3 rings (SSSR count). The van der Waals surface area contributed by atoms with Crippen LogP contribution in [0.5, 0.6) is 5.75 Å². The molecule has 2 nitrogen and oxygen atoms in total. The summed E-state index contributed by atoms with van der Waals surface area (Å²) in [5.74, 6) is 0.306. The van der Waals surface area contributed by atoms with Gasteiger partial charge >= 0.3 is 0 Å². The SMILES string of the molecule is CCN1c2ccccc2SC1/C=C/c1ccc(O)cc1. The first-order valence-corrected chi connectivity index (χ1v) is 7.65. The zero-order chi connectivity index (χ0) is 13.9. The highest BCUT2D eigenvalue weighted by Crippen LogP contribution is 2.43. The molecule has 0 spiro atoms. The molecule has 0 fully saturated rings.